The average molecular weight is 582 g/mol. The maximum Gasteiger partial charge on any atom is 0.460 e. The van der Waals surface area contributed by atoms with Crippen molar-refractivity contribution >= 4 is 10.1 Å². The van der Waals surface area contributed by atoms with Crippen molar-refractivity contribution in [2.75, 3.05) is 0 Å². The van der Waals surface area contributed by atoms with Gasteiger partial charge in [-0.1, -0.05) is 0 Å². The molecule has 0 radical (unpaired) electrons. The zero-order chi connectivity index (χ0) is 28.4. The van der Waals surface area contributed by atoms with E-state index in [1.165, 1.54) is 4.74 Å². The Morgan fingerprint density at radius 3 is 1.00 bits per heavy atom. The third-order valence-corrected chi connectivity index (χ3v) is 3.91. The predicted molar refractivity (Wildman–Crippen MR) is 59.3 cm³/mol. The molecule has 0 aromatic carbocycles. The van der Waals surface area contributed by atoms with Crippen LogP contribution in [0.5, 0.6) is 0 Å². The number of alkyl halides is 19. The van der Waals surface area contributed by atoms with Gasteiger partial charge in [0.15, 0.2) is 0 Å². The quantitative estimate of drug-likeness (QED) is 0.278. The van der Waals surface area contributed by atoms with Gasteiger partial charge in [-0.2, -0.15) is 91.8 Å². The van der Waals surface area contributed by atoms with Gasteiger partial charge < -0.3 is 0 Å². The van der Waals surface area contributed by atoms with Crippen LogP contribution >= 0.6 is 0 Å². The van der Waals surface area contributed by atoms with E-state index in [0.717, 1.165) is 4.74 Å². The molecule has 0 amide bonds. The minimum atomic E-state index is -8.54. The van der Waals surface area contributed by atoms with Crippen LogP contribution in [0.2, 0.25) is 0 Å². The van der Waals surface area contributed by atoms with Crippen LogP contribution in [0.3, 0.4) is 0 Å². The molecule has 206 valence electrons. The van der Waals surface area contributed by atoms with Crippen molar-refractivity contribution in [3.63, 3.8) is 0 Å². The molecule has 0 aliphatic carbocycles. The van der Waals surface area contributed by atoms with Gasteiger partial charge in [-0.05, 0) is 0 Å². The fraction of sp³-hybridized carbons (Fsp3) is 1.00. The Balaban J connectivity index is 6.37. The van der Waals surface area contributed by atoms with Crippen LogP contribution in [0.4, 0.5) is 83.4 Å². The number of hydrogen-bond acceptors (Lipinski definition) is 4. The summed E-state index contributed by atoms with van der Waals surface area (Å²) in [5.41, 5.74) is 0. The maximum atomic E-state index is 13.0. The monoisotopic (exact) mass is 582 g/mol. The summed E-state index contributed by atoms with van der Waals surface area (Å²) in [6.45, 7) is 0. The summed E-state index contributed by atoms with van der Waals surface area (Å²) < 4.78 is 271. The van der Waals surface area contributed by atoms with Gasteiger partial charge in [0, 0.05) is 0 Å². The van der Waals surface area contributed by atoms with E-state index in [0.29, 0.717) is 0 Å². The molecule has 0 fully saturated rings. The van der Waals surface area contributed by atoms with Crippen molar-refractivity contribution in [3.05, 3.63) is 0 Å². The number of halogens is 19. The highest BCUT2D eigenvalue weighted by atomic mass is 32.2. The summed E-state index contributed by atoms with van der Waals surface area (Å²) in [6, 6.07) is 0. The molecule has 25 heteroatoms. The van der Waals surface area contributed by atoms with Crippen molar-refractivity contribution in [2.45, 2.75) is 53.6 Å². The third kappa shape index (κ3) is 4.91. The Morgan fingerprint density at radius 2 is 0.735 bits per heavy atom. The molecule has 0 atom stereocenters. The van der Waals surface area contributed by atoms with Crippen LogP contribution in [0.15, 0.2) is 0 Å². The topological polar surface area (TPSA) is 72.8 Å². The first-order valence-corrected chi connectivity index (χ1v) is 8.07. The second-order valence-electron chi connectivity index (χ2n) is 5.48. The van der Waals surface area contributed by atoms with Gasteiger partial charge >= 0.3 is 63.8 Å². The van der Waals surface area contributed by atoms with E-state index in [-0.39, 0.29) is 0 Å². The lowest BCUT2D eigenvalue weighted by molar-refractivity contribution is -0.548. The normalized spacial score (nSPS) is 16.7. The molecule has 0 bridgehead atoms. The molecule has 0 rings (SSSR count). The van der Waals surface area contributed by atoms with Gasteiger partial charge in [0.25, 0.3) is 0 Å². The second-order valence-corrected chi connectivity index (χ2v) is 6.95. The lowest BCUT2D eigenvalue weighted by Gasteiger charge is -2.38. The Kier molecular flexibility index (Phi) is 7.65. The summed E-state index contributed by atoms with van der Waals surface area (Å²) in [5, 5.41) is -7.34. The van der Waals surface area contributed by atoms with Gasteiger partial charge in [0.1, 0.15) is 0 Å². The van der Waals surface area contributed by atoms with Crippen LogP contribution < -0.4 is 0 Å². The average Bonchev–Trinajstić information content (AvgIpc) is 2.49. The van der Waals surface area contributed by atoms with E-state index in [1.807, 2.05) is 0 Å². The minimum absolute atomic E-state index is 1.03. The molecular formula is C9HF19O5S. The zero-order valence-electron chi connectivity index (χ0n) is 14.2. The highest BCUT2D eigenvalue weighted by molar-refractivity contribution is 7.86. The number of hydrogen-bond donors (Lipinski definition) is 1. The van der Waals surface area contributed by atoms with Gasteiger partial charge in [-0.25, -0.2) is 9.47 Å². The van der Waals surface area contributed by atoms with Crippen LogP contribution in [0, 0.1) is 0 Å². The summed E-state index contributed by atoms with van der Waals surface area (Å²) >= 11 is 0. The van der Waals surface area contributed by atoms with Crippen molar-refractivity contribution in [2.24, 2.45) is 0 Å². The van der Waals surface area contributed by atoms with E-state index in [9.17, 15) is 91.8 Å². The lowest BCUT2D eigenvalue weighted by atomic mass is 10.0. The van der Waals surface area contributed by atoms with Crippen molar-refractivity contribution < 1.29 is 106 Å². The van der Waals surface area contributed by atoms with Crippen LogP contribution in [0.25, 0.3) is 0 Å². The Labute approximate surface area is 171 Å². The second kappa shape index (κ2) is 8.01. The standard InChI is InChI=1S/C9HF19O5S/c10-1(11,2(12,13)4(16,17)18)3(14,15)5(19,20)32-6(21,22)7(23,24)33-8(25,26)9(27,28)34(29,30)31/h(H,29,30,31). The van der Waals surface area contributed by atoms with E-state index >= 15 is 0 Å². The van der Waals surface area contributed by atoms with Crippen LogP contribution in [-0.4, -0.2) is 66.6 Å². The van der Waals surface area contributed by atoms with Crippen molar-refractivity contribution in [3.8, 4) is 0 Å². The lowest BCUT2D eigenvalue weighted by Crippen LogP contribution is -2.68. The minimum Gasteiger partial charge on any atom is -0.281 e. The summed E-state index contributed by atoms with van der Waals surface area (Å²) in [6.07, 6.45) is -39.7. The molecule has 0 saturated carbocycles. The smallest absolute Gasteiger partial charge is 0.281 e. The Morgan fingerprint density at radius 1 is 0.441 bits per heavy atom. The molecule has 5 nitrogen and oxygen atoms in total. The van der Waals surface area contributed by atoms with E-state index in [1.54, 1.807) is 0 Å². The first-order valence-electron chi connectivity index (χ1n) is 6.63. The summed E-state index contributed by atoms with van der Waals surface area (Å²) in [5.74, 6) is -25.3. The van der Waals surface area contributed by atoms with Gasteiger partial charge in [-0.3, -0.25) is 4.55 Å². The van der Waals surface area contributed by atoms with Crippen LogP contribution in [-0.2, 0) is 19.6 Å². The fourth-order valence-corrected chi connectivity index (χ4v) is 1.61. The van der Waals surface area contributed by atoms with Gasteiger partial charge in [-0.15, -0.1) is 0 Å². The molecule has 0 aliphatic rings. The summed E-state index contributed by atoms with van der Waals surface area (Å²) in [4.78, 5) is 0. The molecule has 0 heterocycles. The SMILES string of the molecule is O=S(=O)(O)C(F)(F)C(F)(F)OC(F)(F)C(F)(F)OC(F)(F)C(F)(F)C(F)(F)C(F)(F)C(F)(F)F. The third-order valence-electron chi connectivity index (χ3n) is 3.02. The van der Waals surface area contributed by atoms with Crippen molar-refractivity contribution in [1.29, 1.82) is 0 Å². The van der Waals surface area contributed by atoms with Crippen LogP contribution in [0.1, 0.15) is 0 Å². The fourth-order valence-electron chi connectivity index (χ4n) is 1.27. The number of rotatable bonds is 10. The zero-order valence-corrected chi connectivity index (χ0v) is 15.0. The molecule has 0 aliphatic heterocycles. The Hall–Kier alpha value is -1.50. The molecule has 0 aromatic rings. The maximum absolute atomic E-state index is 13.0. The predicted octanol–water partition coefficient (Wildman–Crippen LogP) is 5.34. The first-order chi connectivity index (χ1) is 14.2. The number of ether oxygens (including phenoxy) is 2. The van der Waals surface area contributed by atoms with Crippen molar-refractivity contribution in [1.82, 2.24) is 0 Å². The van der Waals surface area contributed by atoms with Gasteiger partial charge in [0.05, 0.1) is 0 Å². The van der Waals surface area contributed by atoms with E-state index < -0.39 is 63.8 Å². The highest BCUT2D eigenvalue weighted by Crippen LogP contribution is 2.59. The molecule has 0 unspecified atom stereocenters. The molecular weight excluding hydrogens is 581 g/mol. The molecule has 1 N–H and O–H groups in total. The van der Waals surface area contributed by atoms with E-state index in [4.69, 9.17) is 4.55 Å². The molecule has 34 heavy (non-hydrogen) atoms. The largest absolute Gasteiger partial charge is 0.460 e. The molecule has 0 aromatic heterocycles. The van der Waals surface area contributed by atoms with E-state index in [2.05, 4.69) is 0 Å². The Bertz CT molecular complexity index is 858. The molecule has 0 saturated heterocycles. The van der Waals surface area contributed by atoms with Gasteiger partial charge in [0.2, 0.25) is 0 Å². The summed E-state index contributed by atoms with van der Waals surface area (Å²) in [7, 11) is -7.57. The first kappa shape index (κ1) is 32.5. The highest BCUT2D eigenvalue weighted by Gasteiger charge is 2.89. The molecule has 0 spiro atoms.